The summed E-state index contributed by atoms with van der Waals surface area (Å²) in [5.41, 5.74) is 0. The summed E-state index contributed by atoms with van der Waals surface area (Å²) in [6.07, 6.45) is 2.18. The van der Waals surface area contributed by atoms with E-state index in [-0.39, 0.29) is 17.9 Å². The van der Waals surface area contributed by atoms with Gasteiger partial charge in [-0.3, -0.25) is 9.69 Å². The smallest absolute Gasteiger partial charge is 0.326 e. The summed E-state index contributed by atoms with van der Waals surface area (Å²) in [7, 11) is 0. The molecular weight excluding hydrogens is 244 g/mol. The molecule has 0 spiro atoms. The van der Waals surface area contributed by atoms with Crippen LogP contribution in [0.3, 0.4) is 0 Å². The predicted octanol–water partition coefficient (Wildman–Crippen LogP) is 1.47. The number of carboxylic acid groups (broad SMARTS) is 1. The van der Waals surface area contributed by atoms with E-state index in [0.29, 0.717) is 12.1 Å². The summed E-state index contributed by atoms with van der Waals surface area (Å²) in [4.78, 5) is 25.5. The zero-order chi connectivity index (χ0) is 14.7. The van der Waals surface area contributed by atoms with Crippen LogP contribution in [0, 0.1) is 5.92 Å². The second kappa shape index (κ2) is 6.37. The molecule has 110 valence electrons. The molecule has 1 heterocycles. The van der Waals surface area contributed by atoms with E-state index < -0.39 is 12.0 Å². The van der Waals surface area contributed by atoms with Crippen LogP contribution in [0.15, 0.2) is 0 Å². The summed E-state index contributed by atoms with van der Waals surface area (Å²) in [6, 6.07) is -0.354. The van der Waals surface area contributed by atoms with Crippen molar-refractivity contribution < 1.29 is 14.7 Å². The third kappa shape index (κ3) is 3.69. The first kappa shape index (κ1) is 16.0. The van der Waals surface area contributed by atoms with Crippen LogP contribution in [0.4, 0.5) is 0 Å². The van der Waals surface area contributed by atoms with Gasteiger partial charge >= 0.3 is 5.97 Å². The quantitative estimate of drug-likeness (QED) is 0.794. The lowest BCUT2D eigenvalue weighted by molar-refractivity contribution is -0.144. The summed E-state index contributed by atoms with van der Waals surface area (Å²) in [6.45, 7) is 9.68. The number of rotatable bonds is 5. The molecule has 0 radical (unpaired) electrons. The topological polar surface area (TPSA) is 69.6 Å². The third-order valence-electron chi connectivity index (χ3n) is 4.08. The lowest BCUT2D eigenvalue weighted by atomic mass is 10.0. The number of nitrogens with zero attached hydrogens (tertiary/aromatic N) is 1. The molecule has 0 aromatic heterocycles. The van der Waals surface area contributed by atoms with E-state index in [2.05, 4.69) is 24.1 Å². The molecule has 4 atom stereocenters. The van der Waals surface area contributed by atoms with Crippen LogP contribution in [0.25, 0.3) is 0 Å². The van der Waals surface area contributed by atoms with Crippen LogP contribution in [0.5, 0.6) is 0 Å². The van der Waals surface area contributed by atoms with Gasteiger partial charge in [0, 0.05) is 12.1 Å². The van der Waals surface area contributed by atoms with E-state index in [1.807, 2.05) is 6.92 Å². The van der Waals surface area contributed by atoms with Crippen molar-refractivity contribution in [3.63, 3.8) is 0 Å². The van der Waals surface area contributed by atoms with Crippen molar-refractivity contribution in [1.82, 2.24) is 10.2 Å². The average molecular weight is 270 g/mol. The maximum Gasteiger partial charge on any atom is 0.326 e. The lowest BCUT2D eigenvalue weighted by Gasteiger charge is -2.32. The number of carboxylic acids is 1. The average Bonchev–Trinajstić information content (AvgIpc) is 2.63. The summed E-state index contributed by atoms with van der Waals surface area (Å²) >= 11 is 0. The molecule has 0 aromatic carbocycles. The van der Waals surface area contributed by atoms with Crippen molar-refractivity contribution in [2.75, 3.05) is 0 Å². The van der Waals surface area contributed by atoms with Gasteiger partial charge in [0.1, 0.15) is 6.04 Å². The van der Waals surface area contributed by atoms with E-state index in [9.17, 15) is 9.59 Å². The minimum Gasteiger partial charge on any atom is -0.480 e. The highest BCUT2D eigenvalue weighted by molar-refractivity contribution is 5.86. The van der Waals surface area contributed by atoms with Crippen LogP contribution in [-0.2, 0) is 9.59 Å². The fourth-order valence-electron chi connectivity index (χ4n) is 2.90. The van der Waals surface area contributed by atoms with Gasteiger partial charge in [-0.25, -0.2) is 4.79 Å². The fourth-order valence-corrected chi connectivity index (χ4v) is 2.90. The Morgan fingerprint density at radius 2 is 1.63 bits per heavy atom. The third-order valence-corrected chi connectivity index (χ3v) is 4.08. The van der Waals surface area contributed by atoms with Gasteiger partial charge in [0.15, 0.2) is 0 Å². The van der Waals surface area contributed by atoms with Gasteiger partial charge in [0.25, 0.3) is 0 Å². The summed E-state index contributed by atoms with van der Waals surface area (Å²) < 4.78 is 0. The Bertz CT molecular complexity index is 334. The van der Waals surface area contributed by atoms with Crippen LogP contribution in [0.2, 0.25) is 0 Å². The molecule has 0 aliphatic carbocycles. The van der Waals surface area contributed by atoms with E-state index in [1.54, 1.807) is 13.8 Å². The van der Waals surface area contributed by atoms with Gasteiger partial charge in [-0.2, -0.15) is 0 Å². The minimum absolute atomic E-state index is 0.123. The SMILES string of the molecule is CC(C)[C@H](NC(=O)C(C)N1C(C)CCC1C)C(=O)O. The molecule has 1 fully saturated rings. The molecule has 0 saturated carbocycles. The zero-order valence-electron chi connectivity index (χ0n) is 12.5. The Kier molecular flexibility index (Phi) is 5.35. The van der Waals surface area contributed by atoms with Crippen molar-refractivity contribution >= 4 is 11.9 Å². The van der Waals surface area contributed by atoms with Crippen LogP contribution in [-0.4, -0.2) is 46.1 Å². The first-order valence-corrected chi connectivity index (χ1v) is 7.06. The highest BCUT2D eigenvalue weighted by Gasteiger charge is 2.35. The van der Waals surface area contributed by atoms with Crippen LogP contribution >= 0.6 is 0 Å². The van der Waals surface area contributed by atoms with Crippen molar-refractivity contribution in [2.24, 2.45) is 5.92 Å². The molecule has 5 heteroatoms. The lowest BCUT2D eigenvalue weighted by Crippen LogP contribution is -2.54. The fraction of sp³-hybridized carbons (Fsp3) is 0.857. The molecule has 1 amide bonds. The standard InChI is InChI=1S/C14H26N2O3/c1-8(2)12(14(18)19)15-13(17)11(5)16-9(3)6-7-10(16)4/h8-12H,6-7H2,1-5H3,(H,15,17)(H,18,19)/t9?,10?,11?,12-/m0/s1. The van der Waals surface area contributed by atoms with Gasteiger partial charge in [0.05, 0.1) is 6.04 Å². The number of likely N-dealkylation sites (tertiary alicyclic amines) is 1. The predicted molar refractivity (Wildman–Crippen MR) is 73.9 cm³/mol. The molecule has 1 aliphatic rings. The number of hydrogen-bond acceptors (Lipinski definition) is 3. The van der Waals surface area contributed by atoms with Gasteiger partial charge in [-0.1, -0.05) is 13.8 Å². The molecule has 1 saturated heterocycles. The zero-order valence-corrected chi connectivity index (χ0v) is 12.5. The molecule has 1 aliphatic heterocycles. The summed E-state index contributed by atoms with van der Waals surface area (Å²) in [5.74, 6) is -1.29. The summed E-state index contributed by atoms with van der Waals surface area (Å²) in [5, 5.41) is 11.8. The van der Waals surface area contributed by atoms with E-state index >= 15 is 0 Å². The number of nitrogens with one attached hydrogen (secondary N) is 1. The van der Waals surface area contributed by atoms with E-state index in [4.69, 9.17) is 5.11 Å². The van der Waals surface area contributed by atoms with Crippen molar-refractivity contribution in [3.05, 3.63) is 0 Å². The van der Waals surface area contributed by atoms with E-state index in [1.165, 1.54) is 0 Å². The molecule has 19 heavy (non-hydrogen) atoms. The Morgan fingerprint density at radius 3 is 2.00 bits per heavy atom. The normalized spacial score (nSPS) is 27.3. The van der Waals surface area contributed by atoms with Gasteiger partial charge in [-0.05, 0) is 39.5 Å². The maximum atomic E-state index is 12.2. The number of amides is 1. The molecule has 0 bridgehead atoms. The highest BCUT2D eigenvalue weighted by Crippen LogP contribution is 2.26. The van der Waals surface area contributed by atoms with Crippen molar-refractivity contribution in [2.45, 2.75) is 71.6 Å². The molecule has 2 N–H and O–H groups in total. The van der Waals surface area contributed by atoms with Crippen LogP contribution in [0.1, 0.15) is 47.5 Å². The number of hydrogen-bond donors (Lipinski definition) is 2. The first-order chi connectivity index (χ1) is 8.75. The second-order valence-electron chi connectivity index (χ2n) is 5.97. The maximum absolute atomic E-state index is 12.2. The second-order valence-corrected chi connectivity index (χ2v) is 5.97. The monoisotopic (exact) mass is 270 g/mol. The molecule has 1 rings (SSSR count). The molecule has 3 unspecified atom stereocenters. The van der Waals surface area contributed by atoms with Crippen molar-refractivity contribution in [3.8, 4) is 0 Å². The van der Waals surface area contributed by atoms with Gasteiger partial charge in [-0.15, -0.1) is 0 Å². The van der Waals surface area contributed by atoms with Crippen molar-refractivity contribution in [1.29, 1.82) is 0 Å². The van der Waals surface area contributed by atoms with Crippen LogP contribution < -0.4 is 5.32 Å². The molecule has 5 nitrogen and oxygen atoms in total. The van der Waals surface area contributed by atoms with Gasteiger partial charge in [0.2, 0.25) is 5.91 Å². The largest absolute Gasteiger partial charge is 0.480 e. The number of carbonyl (C=O) groups excluding carboxylic acids is 1. The molecule has 0 aromatic rings. The highest BCUT2D eigenvalue weighted by atomic mass is 16.4. The van der Waals surface area contributed by atoms with E-state index in [0.717, 1.165) is 12.8 Å². The Hall–Kier alpha value is -1.10. The number of carbonyl (C=O) groups is 2. The molecular formula is C14H26N2O3. The Labute approximate surface area is 115 Å². The Morgan fingerprint density at radius 1 is 1.16 bits per heavy atom. The minimum atomic E-state index is -0.974. The Balaban J connectivity index is 2.69. The number of aliphatic carboxylic acids is 1. The van der Waals surface area contributed by atoms with Gasteiger partial charge < -0.3 is 10.4 Å². The first-order valence-electron chi connectivity index (χ1n) is 7.06.